The van der Waals surface area contributed by atoms with Crippen molar-refractivity contribution in [3.63, 3.8) is 0 Å². The third-order valence-corrected chi connectivity index (χ3v) is 4.21. The normalized spacial score (nSPS) is 12.0. The molecule has 110 valence electrons. The van der Waals surface area contributed by atoms with Crippen molar-refractivity contribution in [3.05, 3.63) is 58.4 Å². The maximum atomic E-state index is 12.8. The average molecular weight is 369 g/mol. The molecule has 1 atom stereocenters. The van der Waals surface area contributed by atoms with Crippen molar-refractivity contribution in [2.24, 2.45) is 0 Å². The summed E-state index contributed by atoms with van der Waals surface area (Å²) in [5.41, 5.74) is 0.872. The number of aromatic nitrogens is 1. The Kier molecular flexibility index (Phi) is 5.76. The van der Waals surface area contributed by atoms with Gasteiger partial charge in [-0.25, -0.2) is 9.37 Å². The first-order valence-electron chi connectivity index (χ1n) is 6.34. The summed E-state index contributed by atoms with van der Waals surface area (Å²) in [7, 11) is 0. The lowest BCUT2D eigenvalue weighted by Crippen LogP contribution is -2.28. The molecule has 0 aliphatic carbocycles. The van der Waals surface area contributed by atoms with Crippen molar-refractivity contribution in [1.82, 2.24) is 10.3 Å². The van der Waals surface area contributed by atoms with Gasteiger partial charge in [0.15, 0.2) is 0 Å². The number of thioether (sulfide) groups is 1. The molecule has 1 unspecified atom stereocenters. The minimum Gasteiger partial charge on any atom is -0.349 e. The lowest BCUT2D eigenvalue weighted by Gasteiger charge is -2.14. The fourth-order valence-corrected chi connectivity index (χ4v) is 2.59. The molecule has 1 amide bonds. The summed E-state index contributed by atoms with van der Waals surface area (Å²) in [6.07, 6.45) is 1.70. The number of benzene rings is 1. The molecule has 6 heteroatoms. The van der Waals surface area contributed by atoms with E-state index >= 15 is 0 Å². The summed E-state index contributed by atoms with van der Waals surface area (Å²) in [6.45, 7) is 1.87. The molecule has 1 N–H and O–H groups in total. The molecule has 0 radical (unpaired) electrons. The first-order chi connectivity index (χ1) is 10.0. The Bertz CT molecular complexity index is 604. The second kappa shape index (κ2) is 7.56. The third kappa shape index (κ3) is 5.13. The van der Waals surface area contributed by atoms with Gasteiger partial charge in [-0.15, -0.1) is 0 Å². The Labute approximate surface area is 135 Å². The Balaban J connectivity index is 1.83. The molecule has 2 aromatic rings. The van der Waals surface area contributed by atoms with Crippen molar-refractivity contribution in [1.29, 1.82) is 0 Å². The van der Waals surface area contributed by atoms with Gasteiger partial charge in [-0.2, -0.15) is 0 Å². The van der Waals surface area contributed by atoms with E-state index in [1.54, 1.807) is 18.3 Å². The molecule has 0 bridgehead atoms. The smallest absolute Gasteiger partial charge is 0.230 e. The topological polar surface area (TPSA) is 42.0 Å². The van der Waals surface area contributed by atoms with Crippen LogP contribution in [0.2, 0.25) is 0 Å². The molecule has 1 aromatic heterocycles. The second-order valence-corrected chi connectivity index (χ2v) is 6.36. The number of amides is 1. The van der Waals surface area contributed by atoms with Gasteiger partial charge in [0.2, 0.25) is 5.91 Å². The molecular weight excluding hydrogens is 355 g/mol. The number of nitrogens with one attached hydrogen (secondary N) is 1. The molecule has 0 saturated heterocycles. The van der Waals surface area contributed by atoms with Crippen molar-refractivity contribution in [2.75, 3.05) is 5.75 Å². The molecule has 21 heavy (non-hydrogen) atoms. The number of hydrogen-bond donors (Lipinski definition) is 1. The predicted octanol–water partition coefficient (Wildman–Crippen LogP) is 3.95. The summed E-state index contributed by atoms with van der Waals surface area (Å²) in [5, 5.41) is 3.67. The Morgan fingerprint density at radius 1 is 1.33 bits per heavy atom. The van der Waals surface area contributed by atoms with E-state index in [0.717, 1.165) is 15.1 Å². The van der Waals surface area contributed by atoms with Gasteiger partial charge in [0.1, 0.15) is 5.82 Å². The SMILES string of the molecule is CC(NC(=O)CSc1ccc(Br)cn1)c1ccc(F)cc1. The summed E-state index contributed by atoms with van der Waals surface area (Å²) < 4.78 is 13.8. The number of pyridine rings is 1. The van der Waals surface area contributed by atoms with Crippen molar-refractivity contribution >= 4 is 33.6 Å². The summed E-state index contributed by atoms with van der Waals surface area (Å²) in [6, 6.07) is 9.70. The van der Waals surface area contributed by atoms with Crippen LogP contribution in [0, 0.1) is 5.82 Å². The molecule has 0 spiro atoms. The van der Waals surface area contributed by atoms with Crippen LogP contribution in [0.4, 0.5) is 4.39 Å². The van der Waals surface area contributed by atoms with E-state index in [1.807, 2.05) is 19.1 Å². The Morgan fingerprint density at radius 2 is 2.05 bits per heavy atom. The van der Waals surface area contributed by atoms with Crippen LogP contribution in [-0.4, -0.2) is 16.6 Å². The highest BCUT2D eigenvalue weighted by Gasteiger charge is 2.10. The number of halogens is 2. The zero-order valence-electron chi connectivity index (χ0n) is 11.3. The van der Waals surface area contributed by atoms with Crippen LogP contribution in [0.25, 0.3) is 0 Å². The standard InChI is InChI=1S/C15H14BrFN2OS/c1-10(11-2-5-13(17)6-3-11)19-14(20)9-21-15-7-4-12(16)8-18-15/h2-8,10H,9H2,1H3,(H,19,20). The lowest BCUT2D eigenvalue weighted by atomic mass is 10.1. The number of nitrogens with zero attached hydrogens (tertiary/aromatic N) is 1. The van der Waals surface area contributed by atoms with E-state index < -0.39 is 0 Å². The quantitative estimate of drug-likeness (QED) is 0.812. The van der Waals surface area contributed by atoms with E-state index in [1.165, 1.54) is 23.9 Å². The van der Waals surface area contributed by atoms with E-state index in [9.17, 15) is 9.18 Å². The van der Waals surface area contributed by atoms with Crippen LogP contribution in [0.5, 0.6) is 0 Å². The lowest BCUT2D eigenvalue weighted by molar-refractivity contribution is -0.119. The minimum atomic E-state index is -0.283. The van der Waals surface area contributed by atoms with E-state index in [4.69, 9.17) is 0 Å². The van der Waals surface area contributed by atoms with Crippen LogP contribution in [0.3, 0.4) is 0 Å². The number of rotatable bonds is 5. The van der Waals surface area contributed by atoms with Gasteiger partial charge in [0, 0.05) is 10.7 Å². The van der Waals surface area contributed by atoms with Crippen LogP contribution in [0.1, 0.15) is 18.5 Å². The van der Waals surface area contributed by atoms with Crippen molar-refractivity contribution in [2.45, 2.75) is 18.0 Å². The van der Waals surface area contributed by atoms with Gasteiger partial charge in [-0.1, -0.05) is 23.9 Å². The van der Waals surface area contributed by atoms with Crippen LogP contribution in [-0.2, 0) is 4.79 Å². The van der Waals surface area contributed by atoms with Crippen LogP contribution >= 0.6 is 27.7 Å². The highest BCUT2D eigenvalue weighted by atomic mass is 79.9. The van der Waals surface area contributed by atoms with Gasteiger partial charge in [-0.05, 0) is 52.7 Å². The molecule has 1 heterocycles. The van der Waals surface area contributed by atoms with Crippen LogP contribution < -0.4 is 5.32 Å². The molecule has 1 aromatic carbocycles. The van der Waals surface area contributed by atoms with Gasteiger partial charge in [0.05, 0.1) is 16.8 Å². The van der Waals surface area contributed by atoms with E-state index in [0.29, 0.717) is 5.75 Å². The maximum absolute atomic E-state index is 12.8. The number of hydrogen-bond acceptors (Lipinski definition) is 3. The van der Waals surface area contributed by atoms with Crippen molar-refractivity contribution in [3.8, 4) is 0 Å². The molecule has 3 nitrogen and oxygen atoms in total. The fourth-order valence-electron chi connectivity index (χ4n) is 1.71. The molecule has 0 aliphatic rings. The third-order valence-electron chi connectivity index (χ3n) is 2.80. The maximum Gasteiger partial charge on any atom is 0.230 e. The van der Waals surface area contributed by atoms with Gasteiger partial charge < -0.3 is 5.32 Å². The molecule has 0 fully saturated rings. The minimum absolute atomic E-state index is 0.0819. The molecule has 2 rings (SSSR count). The van der Waals surface area contributed by atoms with Gasteiger partial charge >= 0.3 is 0 Å². The number of carbonyl (C=O) groups excluding carboxylic acids is 1. The average Bonchev–Trinajstić information content (AvgIpc) is 2.47. The summed E-state index contributed by atoms with van der Waals surface area (Å²) >= 11 is 4.68. The van der Waals surface area contributed by atoms with E-state index in [-0.39, 0.29) is 17.8 Å². The van der Waals surface area contributed by atoms with Gasteiger partial charge in [-0.3, -0.25) is 4.79 Å². The predicted molar refractivity (Wildman–Crippen MR) is 85.6 cm³/mol. The fraction of sp³-hybridized carbons (Fsp3) is 0.200. The molecule has 0 aliphatic heterocycles. The van der Waals surface area contributed by atoms with Crippen LogP contribution in [0.15, 0.2) is 52.1 Å². The second-order valence-electron chi connectivity index (χ2n) is 4.44. The number of carbonyl (C=O) groups is 1. The highest BCUT2D eigenvalue weighted by molar-refractivity contribution is 9.10. The summed E-state index contributed by atoms with van der Waals surface area (Å²) in [5.74, 6) is -0.0733. The first-order valence-corrected chi connectivity index (χ1v) is 8.11. The van der Waals surface area contributed by atoms with Gasteiger partial charge in [0.25, 0.3) is 0 Å². The molecular formula is C15H14BrFN2OS. The summed E-state index contributed by atoms with van der Waals surface area (Å²) in [4.78, 5) is 16.1. The highest BCUT2D eigenvalue weighted by Crippen LogP contribution is 2.18. The monoisotopic (exact) mass is 368 g/mol. The largest absolute Gasteiger partial charge is 0.349 e. The van der Waals surface area contributed by atoms with E-state index in [2.05, 4.69) is 26.2 Å². The zero-order valence-corrected chi connectivity index (χ0v) is 13.7. The van der Waals surface area contributed by atoms with Crippen molar-refractivity contribution < 1.29 is 9.18 Å². The first kappa shape index (κ1) is 16.0. The zero-order chi connectivity index (χ0) is 15.2. The Morgan fingerprint density at radius 3 is 2.67 bits per heavy atom. The Hall–Kier alpha value is -1.40. The molecule has 0 saturated carbocycles.